The predicted octanol–water partition coefficient (Wildman–Crippen LogP) is 0.168. The van der Waals surface area contributed by atoms with Crippen LogP contribution >= 0.6 is 0 Å². The summed E-state index contributed by atoms with van der Waals surface area (Å²) < 4.78 is 22.2. The zero-order valence-electron chi connectivity index (χ0n) is 12.2. The van der Waals surface area contributed by atoms with Gasteiger partial charge in [0.25, 0.3) is 0 Å². The van der Waals surface area contributed by atoms with Crippen LogP contribution in [0.15, 0.2) is 0 Å². The molecule has 0 aromatic heterocycles. The molecule has 1 aliphatic heterocycles. The van der Waals surface area contributed by atoms with Crippen molar-refractivity contribution in [3.05, 3.63) is 0 Å². The van der Waals surface area contributed by atoms with Gasteiger partial charge in [-0.15, -0.1) is 0 Å². The monoisotopic (exact) mass is 291 g/mol. The molecule has 0 saturated carbocycles. The third-order valence-corrected chi connectivity index (χ3v) is 4.63. The zero-order valence-corrected chi connectivity index (χ0v) is 13.0. The van der Waals surface area contributed by atoms with Gasteiger partial charge in [0.1, 0.15) is 9.84 Å². The van der Waals surface area contributed by atoms with Crippen LogP contribution in [-0.4, -0.2) is 76.0 Å². The summed E-state index contributed by atoms with van der Waals surface area (Å²) in [6, 6.07) is 0. The first kappa shape index (κ1) is 16.9. The Labute approximate surface area is 118 Å². The molecule has 0 aliphatic carbocycles. The van der Waals surface area contributed by atoms with Crippen molar-refractivity contribution in [3.8, 4) is 0 Å². The van der Waals surface area contributed by atoms with E-state index in [1.165, 1.54) is 19.1 Å². The lowest BCUT2D eigenvalue weighted by molar-refractivity contribution is 0.254. The first-order valence-corrected chi connectivity index (χ1v) is 9.40. The Balaban J connectivity index is 2.18. The van der Waals surface area contributed by atoms with Gasteiger partial charge in [0, 0.05) is 19.3 Å². The minimum atomic E-state index is -2.81. The maximum absolute atomic E-state index is 11.1. The van der Waals surface area contributed by atoms with Crippen LogP contribution < -0.4 is 5.73 Å². The van der Waals surface area contributed by atoms with Crippen LogP contribution in [0.3, 0.4) is 0 Å². The summed E-state index contributed by atoms with van der Waals surface area (Å²) in [5.41, 5.74) is 5.51. The van der Waals surface area contributed by atoms with E-state index in [2.05, 4.69) is 9.80 Å². The number of sulfone groups is 1. The molecule has 2 N–H and O–H groups in total. The Morgan fingerprint density at radius 1 is 0.947 bits per heavy atom. The molecule has 0 atom stereocenters. The van der Waals surface area contributed by atoms with E-state index in [-0.39, 0.29) is 0 Å². The molecule has 1 rings (SSSR count). The van der Waals surface area contributed by atoms with Gasteiger partial charge in [-0.3, -0.25) is 0 Å². The van der Waals surface area contributed by atoms with Crippen molar-refractivity contribution in [1.82, 2.24) is 9.80 Å². The summed E-state index contributed by atoms with van der Waals surface area (Å²) >= 11 is 0. The third-order valence-electron chi connectivity index (χ3n) is 3.60. The highest BCUT2D eigenvalue weighted by molar-refractivity contribution is 7.90. The Morgan fingerprint density at radius 3 is 2.05 bits per heavy atom. The van der Waals surface area contributed by atoms with E-state index in [4.69, 9.17) is 5.73 Å². The van der Waals surface area contributed by atoms with E-state index in [1.807, 2.05) is 0 Å². The molecule has 19 heavy (non-hydrogen) atoms. The topological polar surface area (TPSA) is 66.6 Å². The Kier molecular flexibility index (Phi) is 7.90. The molecular formula is C13H29N3O2S. The summed E-state index contributed by atoms with van der Waals surface area (Å²) in [5.74, 6) is 0.309. The van der Waals surface area contributed by atoms with Crippen molar-refractivity contribution in [1.29, 1.82) is 0 Å². The second-order valence-electron chi connectivity index (χ2n) is 5.52. The van der Waals surface area contributed by atoms with Crippen molar-refractivity contribution in [2.75, 3.05) is 57.8 Å². The smallest absolute Gasteiger partial charge is 0.147 e. The van der Waals surface area contributed by atoms with Crippen molar-refractivity contribution >= 4 is 9.84 Å². The fraction of sp³-hybridized carbons (Fsp3) is 1.00. The third kappa shape index (κ3) is 8.57. The van der Waals surface area contributed by atoms with Gasteiger partial charge in [0.15, 0.2) is 0 Å². The van der Waals surface area contributed by atoms with Crippen LogP contribution in [0.25, 0.3) is 0 Å². The van der Waals surface area contributed by atoms with Crippen LogP contribution in [0.4, 0.5) is 0 Å². The van der Waals surface area contributed by atoms with E-state index >= 15 is 0 Å². The molecule has 5 nitrogen and oxygen atoms in total. The summed E-state index contributed by atoms with van der Waals surface area (Å²) in [4.78, 5) is 4.90. The fourth-order valence-electron chi connectivity index (χ4n) is 2.50. The lowest BCUT2D eigenvalue weighted by Gasteiger charge is -2.21. The highest BCUT2D eigenvalue weighted by Crippen LogP contribution is 2.05. The van der Waals surface area contributed by atoms with Gasteiger partial charge >= 0.3 is 0 Å². The lowest BCUT2D eigenvalue weighted by Crippen LogP contribution is -2.32. The molecule has 0 radical (unpaired) electrons. The molecule has 0 aromatic carbocycles. The van der Waals surface area contributed by atoms with Crippen molar-refractivity contribution in [2.45, 2.75) is 25.7 Å². The van der Waals surface area contributed by atoms with Crippen molar-refractivity contribution in [3.63, 3.8) is 0 Å². The average molecular weight is 291 g/mol. The van der Waals surface area contributed by atoms with Crippen LogP contribution in [-0.2, 0) is 9.84 Å². The second-order valence-corrected chi connectivity index (χ2v) is 7.78. The van der Waals surface area contributed by atoms with E-state index in [0.717, 1.165) is 58.7 Å². The molecule has 0 unspecified atom stereocenters. The molecule has 1 aliphatic rings. The highest BCUT2D eigenvalue weighted by atomic mass is 32.2. The van der Waals surface area contributed by atoms with Gasteiger partial charge in [0.2, 0.25) is 0 Å². The first-order chi connectivity index (χ1) is 9.01. The van der Waals surface area contributed by atoms with Crippen molar-refractivity contribution < 1.29 is 8.42 Å². The SMILES string of the molecule is CS(=O)(=O)CCCN1CCCN(CCCCN)CC1. The van der Waals surface area contributed by atoms with Gasteiger partial charge in [0.05, 0.1) is 5.75 Å². The zero-order chi connectivity index (χ0) is 14.1. The minimum Gasteiger partial charge on any atom is -0.330 e. The summed E-state index contributed by atoms with van der Waals surface area (Å²) in [6.45, 7) is 7.25. The van der Waals surface area contributed by atoms with Gasteiger partial charge in [-0.25, -0.2) is 8.42 Å². The van der Waals surface area contributed by atoms with Crippen LogP contribution in [0.2, 0.25) is 0 Å². The molecule has 0 spiro atoms. The van der Waals surface area contributed by atoms with Gasteiger partial charge in [-0.2, -0.15) is 0 Å². The molecule has 1 fully saturated rings. The Bertz CT molecular complexity index is 333. The lowest BCUT2D eigenvalue weighted by atomic mass is 10.3. The van der Waals surface area contributed by atoms with Crippen LogP contribution in [0.1, 0.15) is 25.7 Å². The fourth-order valence-corrected chi connectivity index (χ4v) is 3.16. The Hall–Kier alpha value is -0.170. The van der Waals surface area contributed by atoms with E-state index in [1.54, 1.807) is 0 Å². The molecule has 1 heterocycles. The largest absolute Gasteiger partial charge is 0.330 e. The minimum absolute atomic E-state index is 0.309. The van der Waals surface area contributed by atoms with Gasteiger partial charge in [-0.1, -0.05) is 0 Å². The number of unbranched alkanes of at least 4 members (excludes halogenated alkanes) is 1. The Morgan fingerprint density at radius 2 is 1.53 bits per heavy atom. The maximum atomic E-state index is 11.1. The molecule has 1 saturated heterocycles. The van der Waals surface area contributed by atoms with E-state index < -0.39 is 9.84 Å². The average Bonchev–Trinajstić information content (AvgIpc) is 2.54. The first-order valence-electron chi connectivity index (χ1n) is 7.34. The van der Waals surface area contributed by atoms with Gasteiger partial charge < -0.3 is 15.5 Å². The second kappa shape index (κ2) is 8.89. The highest BCUT2D eigenvalue weighted by Gasteiger charge is 2.14. The number of hydrogen-bond acceptors (Lipinski definition) is 5. The normalized spacial score (nSPS) is 19.5. The summed E-state index contributed by atoms with van der Waals surface area (Å²) in [7, 11) is -2.81. The molecular weight excluding hydrogens is 262 g/mol. The van der Waals surface area contributed by atoms with E-state index in [9.17, 15) is 8.42 Å². The summed E-state index contributed by atoms with van der Waals surface area (Å²) in [6.07, 6.45) is 5.54. The summed E-state index contributed by atoms with van der Waals surface area (Å²) in [5, 5.41) is 0. The number of rotatable bonds is 8. The molecule has 0 bridgehead atoms. The maximum Gasteiger partial charge on any atom is 0.147 e. The van der Waals surface area contributed by atoms with E-state index in [0.29, 0.717) is 5.75 Å². The number of hydrogen-bond donors (Lipinski definition) is 1. The molecule has 0 amide bonds. The van der Waals surface area contributed by atoms with Crippen molar-refractivity contribution in [2.24, 2.45) is 5.73 Å². The van der Waals surface area contributed by atoms with Crippen LogP contribution in [0, 0.1) is 0 Å². The number of nitrogens with zero attached hydrogens (tertiary/aromatic N) is 2. The van der Waals surface area contributed by atoms with Crippen LogP contribution in [0.5, 0.6) is 0 Å². The predicted molar refractivity (Wildman–Crippen MR) is 80.1 cm³/mol. The molecule has 0 aromatic rings. The van der Waals surface area contributed by atoms with Gasteiger partial charge in [-0.05, 0) is 58.4 Å². The number of nitrogens with two attached hydrogens (primary N) is 1. The molecule has 114 valence electrons. The quantitative estimate of drug-likeness (QED) is 0.646. The standard InChI is InChI=1S/C13H29N3O2S/c1-19(17,18)13-5-10-16-9-4-8-15(11-12-16)7-3-2-6-14/h2-14H2,1H3. The molecule has 6 heteroatoms.